The van der Waals surface area contributed by atoms with Crippen LogP contribution in [-0.4, -0.2) is 71.4 Å². The zero-order valence-electron chi connectivity index (χ0n) is 21.2. The quantitative estimate of drug-likeness (QED) is 0.414. The van der Waals surface area contributed by atoms with Crippen LogP contribution in [0.2, 0.25) is 0 Å². The molecule has 1 aromatic carbocycles. The van der Waals surface area contributed by atoms with Gasteiger partial charge in [0.15, 0.2) is 0 Å². The third-order valence-corrected chi connectivity index (χ3v) is 7.79. The van der Waals surface area contributed by atoms with Gasteiger partial charge in [-0.2, -0.15) is 11.8 Å². The first-order valence-corrected chi connectivity index (χ1v) is 14.2. The number of aromatic nitrogens is 2. The van der Waals surface area contributed by atoms with Crippen molar-refractivity contribution in [2.24, 2.45) is 11.8 Å². The average molecular weight is 539 g/mol. The third kappa shape index (κ3) is 6.59. The summed E-state index contributed by atoms with van der Waals surface area (Å²) in [5.74, 6) is -0.281. The van der Waals surface area contributed by atoms with Crippen molar-refractivity contribution in [3.05, 3.63) is 54.5 Å². The first-order chi connectivity index (χ1) is 17.9. The number of carbonyl (C=O) groups excluding carboxylic acids is 1. The van der Waals surface area contributed by atoms with Crippen molar-refractivity contribution in [3.63, 3.8) is 0 Å². The van der Waals surface area contributed by atoms with Crippen molar-refractivity contribution in [1.82, 2.24) is 19.8 Å². The Balaban J connectivity index is 0.00000400. The van der Waals surface area contributed by atoms with Crippen molar-refractivity contribution in [2.75, 3.05) is 44.9 Å². The summed E-state index contributed by atoms with van der Waals surface area (Å²) in [4.78, 5) is 20.3. The first-order valence-electron chi connectivity index (χ1n) is 12.8. The largest absolute Gasteiger partial charge is 0.381 e. The lowest BCUT2D eigenvalue weighted by Gasteiger charge is -2.40. The van der Waals surface area contributed by atoms with E-state index in [1.807, 2.05) is 10.8 Å². The number of benzene rings is 1. The summed E-state index contributed by atoms with van der Waals surface area (Å²) >= 11 is 1.58. The Hall–Kier alpha value is -2.30. The van der Waals surface area contributed by atoms with E-state index in [1.165, 1.54) is 0 Å². The van der Waals surface area contributed by atoms with Gasteiger partial charge in [-0.05, 0) is 43.2 Å². The molecule has 0 spiro atoms. The zero-order chi connectivity index (χ0) is 26.4. The van der Waals surface area contributed by atoms with E-state index in [1.54, 1.807) is 28.9 Å². The number of nitrogens with one attached hydrogen (secondary N) is 1. The van der Waals surface area contributed by atoms with Crippen molar-refractivity contribution in [3.8, 4) is 11.3 Å². The molecule has 3 atom stereocenters. The van der Waals surface area contributed by atoms with E-state index in [0.717, 1.165) is 18.2 Å². The van der Waals surface area contributed by atoms with Gasteiger partial charge in [0.1, 0.15) is 23.6 Å². The molecule has 0 unspecified atom stereocenters. The maximum atomic E-state index is 14.7. The molecule has 0 bridgehead atoms. The van der Waals surface area contributed by atoms with Crippen molar-refractivity contribution >= 4 is 17.7 Å². The molecule has 2 saturated heterocycles. The SMILES string of the molecule is C=CCn1cc(-c2cc(F)ccc2F)nc1[C@@H](C1CCOCC1)N(C[C@@H]1CNC[C@@H]1F)C(=O)CCSC.[HH]. The fourth-order valence-corrected chi connectivity index (χ4v) is 5.63. The highest BCUT2D eigenvalue weighted by Crippen LogP contribution is 2.38. The number of alkyl halides is 1. The van der Waals surface area contributed by atoms with Crippen LogP contribution in [0.1, 0.15) is 32.6 Å². The van der Waals surface area contributed by atoms with Crippen LogP contribution in [0.25, 0.3) is 11.3 Å². The number of nitrogens with zero attached hydrogens (tertiary/aromatic N) is 3. The summed E-state index contributed by atoms with van der Waals surface area (Å²) in [6.07, 6.45) is 6.04. The zero-order valence-corrected chi connectivity index (χ0v) is 22.0. The minimum absolute atomic E-state index is 0. The Kier molecular flexibility index (Phi) is 9.72. The molecule has 6 nitrogen and oxygen atoms in total. The normalized spacial score (nSPS) is 21.2. The molecule has 1 amide bonds. The van der Waals surface area contributed by atoms with Gasteiger partial charge in [-0.3, -0.25) is 4.79 Å². The van der Waals surface area contributed by atoms with E-state index in [2.05, 4.69) is 11.9 Å². The second-order valence-electron chi connectivity index (χ2n) is 9.67. The fraction of sp³-hybridized carbons (Fsp3) is 0.556. The van der Waals surface area contributed by atoms with Crippen molar-refractivity contribution in [2.45, 2.75) is 38.0 Å². The molecule has 4 rings (SSSR count). The summed E-state index contributed by atoms with van der Waals surface area (Å²) < 4.78 is 50.9. The number of halogens is 3. The molecule has 2 aromatic rings. The van der Waals surface area contributed by atoms with E-state index in [4.69, 9.17) is 9.72 Å². The van der Waals surface area contributed by atoms with Gasteiger partial charge < -0.3 is 19.5 Å². The molecule has 0 radical (unpaired) electrons. The van der Waals surface area contributed by atoms with Crippen LogP contribution in [0.15, 0.2) is 37.1 Å². The lowest BCUT2D eigenvalue weighted by atomic mass is 9.88. The minimum Gasteiger partial charge on any atom is -0.381 e. The molecule has 37 heavy (non-hydrogen) atoms. The molecular weight excluding hydrogens is 501 g/mol. The van der Waals surface area contributed by atoms with Gasteiger partial charge in [-0.1, -0.05) is 6.08 Å². The van der Waals surface area contributed by atoms with Crippen molar-refractivity contribution in [1.29, 1.82) is 0 Å². The van der Waals surface area contributed by atoms with Crippen LogP contribution < -0.4 is 5.32 Å². The number of hydrogen-bond donors (Lipinski definition) is 1. The standard InChI is InChI=1S/C27H35F3N4O2S.H2/c1-3-9-33-17-24(21-13-20(28)4-5-22(21)29)32-27(33)26(18-6-10-36-11-7-18)34(25(35)8-12-37-2)16-19-14-31-15-23(19)30;/h3-5,13,17-19,23,26,31H,1,6-12,14-16H2,2H3;1H/t19-,23-,26+;/m0./s1. The number of hydrogen-bond acceptors (Lipinski definition) is 5. The minimum atomic E-state index is -1.05. The van der Waals surface area contributed by atoms with E-state index in [-0.39, 0.29) is 43.5 Å². The Morgan fingerprint density at radius 1 is 1.38 bits per heavy atom. The second kappa shape index (κ2) is 13.0. The second-order valence-corrected chi connectivity index (χ2v) is 10.7. The van der Waals surface area contributed by atoms with Gasteiger partial charge in [-0.15, -0.1) is 6.58 Å². The number of imidazole rings is 1. The van der Waals surface area contributed by atoms with Gasteiger partial charge >= 0.3 is 0 Å². The Morgan fingerprint density at radius 3 is 2.84 bits per heavy atom. The highest BCUT2D eigenvalue weighted by atomic mass is 32.2. The van der Waals surface area contributed by atoms with Gasteiger partial charge in [0.2, 0.25) is 5.91 Å². The summed E-state index contributed by atoms with van der Waals surface area (Å²) in [5.41, 5.74) is 0.340. The van der Waals surface area contributed by atoms with E-state index < -0.39 is 23.8 Å². The topological polar surface area (TPSA) is 59.4 Å². The smallest absolute Gasteiger partial charge is 0.224 e. The fourth-order valence-electron chi connectivity index (χ4n) is 5.25. The number of allylic oxidation sites excluding steroid dienone is 1. The van der Waals surface area contributed by atoms with Gasteiger partial charge in [0, 0.05) is 70.7 Å². The summed E-state index contributed by atoms with van der Waals surface area (Å²) in [6, 6.07) is 2.82. The number of ether oxygens (including phenoxy) is 1. The summed E-state index contributed by atoms with van der Waals surface area (Å²) in [7, 11) is 0. The summed E-state index contributed by atoms with van der Waals surface area (Å²) in [6.45, 7) is 6.36. The third-order valence-electron chi connectivity index (χ3n) is 7.18. The van der Waals surface area contributed by atoms with Crippen LogP contribution in [-0.2, 0) is 16.1 Å². The maximum Gasteiger partial charge on any atom is 0.224 e. The van der Waals surface area contributed by atoms with Gasteiger partial charge in [0.25, 0.3) is 0 Å². The molecule has 0 aliphatic carbocycles. The molecular formula is C27H37F3N4O2S. The first kappa shape index (κ1) is 27.7. The molecule has 0 saturated carbocycles. The maximum absolute atomic E-state index is 14.7. The molecule has 3 heterocycles. The van der Waals surface area contributed by atoms with E-state index >= 15 is 0 Å². The predicted octanol–water partition coefficient (Wildman–Crippen LogP) is 4.87. The molecule has 2 fully saturated rings. The number of amides is 1. The lowest BCUT2D eigenvalue weighted by molar-refractivity contribution is -0.137. The monoisotopic (exact) mass is 538 g/mol. The Morgan fingerprint density at radius 2 is 2.16 bits per heavy atom. The van der Waals surface area contributed by atoms with E-state index in [0.29, 0.717) is 57.1 Å². The molecule has 2 aliphatic rings. The Bertz CT molecular complexity index is 1080. The Labute approximate surface area is 222 Å². The van der Waals surface area contributed by atoms with Crippen LogP contribution in [0.3, 0.4) is 0 Å². The number of carbonyl (C=O) groups is 1. The van der Waals surface area contributed by atoms with Crippen LogP contribution >= 0.6 is 11.8 Å². The molecule has 204 valence electrons. The van der Waals surface area contributed by atoms with Crippen LogP contribution in [0.4, 0.5) is 13.2 Å². The van der Waals surface area contributed by atoms with Crippen molar-refractivity contribution < 1.29 is 24.1 Å². The van der Waals surface area contributed by atoms with Gasteiger partial charge in [0.05, 0.1) is 11.7 Å². The predicted molar refractivity (Wildman–Crippen MR) is 142 cm³/mol. The summed E-state index contributed by atoms with van der Waals surface area (Å²) in [5, 5.41) is 3.09. The lowest BCUT2D eigenvalue weighted by Crippen LogP contribution is -2.45. The van der Waals surface area contributed by atoms with Crippen LogP contribution in [0, 0.1) is 23.5 Å². The molecule has 1 N–H and O–H groups in total. The number of rotatable bonds is 11. The highest BCUT2D eigenvalue weighted by Gasteiger charge is 2.39. The molecule has 2 aliphatic heterocycles. The average Bonchev–Trinajstić information content (AvgIpc) is 3.50. The molecule has 1 aromatic heterocycles. The van der Waals surface area contributed by atoms with E-state index in [9.17, 15) is 18.0 Å². The number of thioether (sulfide) groups is 1. The van der Waals surface area contributed by atoms with Gasteiger partial charge in [-0.25, -0.2) is 18.2 Å². The highest BCUT2D eigenvalue weighted by molar-refractivity contribution is 7.98. The molecule has 10 heteroatoms. The van der Waals surface area contributed by atoms with Crippen LogP contribution in [0.5, 0.6) is 0 Å².